The Kier molecular flexibility index (Phi) is 2.67. The molecule has 1 N–H and O–H groups in total. The zero-order valence-corrected chi connectivity index (χ0v) is 10.5. The minimum Gasteiger partial charge on any atom is -0.382 e. The first-order valence-corrected chi connectivity index (χ1v) is 5.69. The van der Waals surface area contributed by atoms with Crippen LogP contribution in [0.25, 0.3) is 6.08 Å². The van der Waals surface area contributed by atoms with Gasteiger partial charge < -0.3 is 5.11 Å². The van der Waals surface area contributed by atoms with Gasteiger partial charge in [-0.3, -0.25) is 0 Å². The summed E-state index contributed by atoms with van der Waals surface area (Å²) in [5.74, 6) is -3.21. The molecule has 0 bridgehead atoms. The Labute approximate surface area is 101 Å². The van der Waals surface area contributed by atoms with E-state index in [4.69, 9.17) is 0 Å². The quantitative estimate of drug-likeness (QED) is 0.774. The second-order valence-electron chi connectivity index (χ2n) is 4.00. The molecule has 0 aliphatic heterocycles. The molecule has 1 nitrogen and oxygen atoms in total. The van der Waals surface area contributed by atoms with Gasteiger partial charge in [-0.1, -0.05) is 22.0 Å². The Morgan fingerprint density at radius 3 is 2.56 bits per heavy atom. The number of aliphatic hydroxyl groups excluding tert-OH is 1. The van der Waals surface area contributed by atoms with Gasteiger partial charge >= 0.3 is 5.92 Å². The highest BCUT2D eigenvalue weighted by Crippen LogP contribution is 2.43. The second-order valence-corrected chi connectivity index (χ2v) is 4.85. The summed E-state index contributed by atoms with van der Waals surface area (Å²) in [5, 5.41) is 9.32. The van der Waals surface area contributed by atoms with Crippen LogP contribution < -0.4 is 0 Å². The van der Waals surface area contributed by atoms with Gasteiger partial charge in [-0.15, -0.1) is 0 Å². The van der Waals surface area contributed by atoms with Gasteiger partial charge in [-0.05, 0) is 42.7 Å². The van der Waals surface area contributed by atoms with Crippen molar-refractivity contribution >= 4 is 22.0 Å². The molecule has 0 amide bonds. The number of rotatable bonds is 0. The largest absolute Gasteiger partial charge is 0.382 e. The molecule has 1 atom stereocenters. The lowest BCUT2D eigenvalue weighted by Gasteiger charge is -2.28. The Hall–Kier alpha value is -0.740. The number of fused-ring (bicyclic) bond motifs is 1. The van der Waals surface area contributed by atoms with Crippen molar-refractivity contribution in [3.63, 3.8) is 0 Å². The lowest BCUT2D eigenvalue weighted by Crippen LogP contribution is -2.33. The lowest BCUT2D eigenvalue weighted by atomic mass is 9.86. The highest BCUT2D eigenvalue weighted by molar-refractivity contribution is 9.10. The summed E-state index contributed by atoms with van der Waals surface area (Å²) in [7, 11) is 0. The number of aliphatic hydroxyl groups is 1. The maximum Gasteiger partial charge on any atom is 0.302 e. The molecule has 0 aromatic heterocycles. The maximum absolute atomic E-state index is 13.8. The average Bonchev–Trinajstić information content (AvgIpc) is 2.20. The third-order valence-corrected chi connectivity index (χ3v) is 3.85. The zero-order chi connectivity index (χ0) is 12.1. The minimum absolute atomic E-state index is 0.0665. The molecule has 0 saturated heterocycles. The highest BCUT2D eigenvalue weighted by atomic mass is 79.9. The molecule has 1 aliphatic rings. The van der Waals surface area contributed by atoms with E-state index in [1.54, 1.807) is 19.9 Å². The van der Waals surface area contributed by atoms with Crippen molar-refractivity contribution in [2.75, 3.05) is 0 Å². The molecule has 1 aromatic carbocycles. The molecule has 4 heteroatoms. The second kappa shape index (κ2) is 3.64. The molecule has 1 unspecified atom stereocenters. The van der Waals surface area contributed by atoms with Crippen LogP contribution in [-0.4, -0.2) is 11.2 Å². The summed E-state index contributed by atoms with van der Waals surface area (Å²) in [6.45, 7) is 3.43. The van der Waals surface area contributed by atoms with E-state index in [1.807, 2.05) is 0 Å². The van der Waals surface area contributed by atoms with Crippen LogP contribution >= 0.6 is 15.9 Å². The van der Waals surface area contributed by atoms with Gasteiger partial charge in [-0.25, -0.2) is 0 Å². The number of hydrogen-bond donors (Lipinski definition) is 1. The minimum atomic E-state index is -3.21. The van der Waals surface area contributed by atoms with Crippen LogP contribution in [0.3, 0.4) is 0 Å². The molecule has 0 saturated carbocycles. The topological polar surface area (TPSA) is 20.2 Å². The van der Waals surface area contributed by atoms with E-state index in [1.165, 1.54) is 6.08 Å². The predicted octanol–water partition coefficient (Wildman–Crippen LogP) is 3.55. The molecule has 0 fully saturated rings. The van der Waals surface area contributed by atoms with E-state index in [0.29, 0.717) is 11.1 Å². The van der Waals surface area contributed by atoms with Crippen LogP contribution in [0.4, 0.5) is 8.78 Å². The van der Waals surface area contributed by atoms with Gasteiger partial charge in [0.15, 0.2) is 0 Å². The van der Waals surface area contributed by atoms with Crippen LogP contribution in [0.15, 0.2) is 16.6 Å². The fourth-order valence-corrected chi connectivity index (χ4v) is 2.48. The first-order valence-electron chi connectivity index (χ1n) is 4.90. The smallest absolute Gasteiger partial charge is 0.302 e. The van der Waals surface area contributed by atoms with E-state index in [-0.39, 0.29) is 5.56 Å². The van der Waals surface area contributed by atoms with Gasteiger partial charge in [0.2, 0.25) is 0 Å². The van der Waals surface area contributed by atoms with Crippen molar-refractivity contribution in [3.8, 4) is 0 Å². The summed E-state index contributed by atoms with van der Waals surface area (Å²) < 4.78 is 28.5. The Balaban J connectivity index is 2.78. The van der Waals surface area contributed by atoms with Crippen LogP contribution in [0, 0.1) is 13.8 Å². The van der Waals surface area contributed by atoms with E-state index in [0.717, 1.165) is 16.1 Å². The third-order valence-electron chi connectivity index (χ3n) is 3.03. The van der Waals surface area contributed by atoms with E-state index < -0.39 is 12.0 Å². The molecule has 16 heavy (non-hydrogen) atoms. The molecule has 0 spiro atoms. The summed E-state index contributed by atoms with van der Waals surface area (Å²) >= 11 is 3.34. The first-order chi connectivity index (χ1) is 7.35. The Morgan fingerprint density at radius 2 is 1.94 bits per heavy atom. The summed E-state index contributed by atoms with van der Waals surface area (Å²) in [6, 6.07) is 1.66. The van der Waals surface area contributed by atoms with Crippen LogP contribution in [-0.2, 0) is 5.92 Å². The Morgan fingerprint density at radius 1 is 1.31 bits per heavy atom. The molecule has 0 radical (unpaired) electrons. The molecule has 1 aliphatic carbocycles. The van der Waals surface area contributed by atoms with Gasteiger partial charge in [0, 0.05) is 10.0 Å². The standard InChI is InChI=1S/C12H11BrF2O/c1-6-7(2)11-8(5-9(6)13)3-4-10(16)12(11,14)15/h3-5,10,16H,1-2H3. The molecule has 0 heterocycles. The van der Waals surface area contributed by atoms with Crippen molar-refractivity contribution in [1.82, 2.24) is 0 Å². The zero-order valence-electron chi connectivity index (χ0n) is 8.89. The summed E-state index contributed by atoms with van der Waals surface area (Å²) in [4.78, 5) is 0. The van der Waals surface area contributed by atoms with Crippen molar-refractivity contribution in [1.29, 1.82) is 0 Å². The average molecular weight is 289 g/mol. The van der Waals surface area contributed by atoms with E-state index in [2.05, 4.69) is 15.9 Å². The lowest BCUT2D eigenvalue weighted by molar-refractivity contribution is -0.0944. The van der Waals surface area contributed by atoms with Gasteiger partial charge in [0.25, 0.3) is 0 Å². The number of alkyl halides is 2. The predicted molar refractivity (Wildman–Crippen MR) is 62.6 cm³/mol. The van der Waals surface area contributed by atoms with E-state index >= 15 is 0 Å². The fourth-order valence-electron chi connectivity index (χ4n) is 1.94. The van der Waals surface area contributed by atoms with Gasteiger partial charge in [0.05, 0.1) is 0 Å². The van der Waals surface area contributed by atoms with Gasteiger partial charge in [0.1, 0.15) is 6.10 Å². The fraction of sp³-hybridized carbons (Fsp3) is 0.333. The third kappa shape index (κ3) is 1.52. The summed E-state index contributed by atoms with van der Waals surface area (Å²) in [5.41, 5.74) is 1.70. The molecule has 86 valence electrons. The molecular formula is C12H11BrF2O. The normalized spacial score (nSPS) is 22.0. The molecule has 2 rings (SSSR count). The highest BCUT2D eigenvalue weighted by Gasteiger charge is 2.44. The SMILES string of the molecule is Cc1c(Br)cc2c(c1C)C(F)(F)C(O)C=C2. The van der Waals surface area contributed by atoms with Crippen molar-refractivity contribution < 1.29 is 13.9 Å². The maximum atomic E-state index is 13.8. The summed E-state index contributed by atoms with van der Waals surface area (Å²) in [6.07, 6.45) is 0.928. The monoisotopic (exact) mass is 288 g/mol. The van der Waals surface area contributed by atoms with Crippen molar-refractivity contribution in [2.45, 2.75) is 25.9 Å². The number of halogens is 3. The van der Waals surface area contributed by atoms with Gasteiger partial charge in [-0.2, -0.15) is 8.78 Å². The molecular weight excluding hydrogens is 278 g/mol. The van der Waals surface area contributed by atoms with Crippen molar-refractivity contribution in [2.24, 2.45) is 0 Å². The van der Waals surface area contributed by atoms with Crippen LogP contribution in [0.5, 0.6) is 0 Å². The van der Waals surface area contributed by atoms with Crippen LogP contribution in [0.1, 0.15) is 22.3 Å². The van der Waals surface area contributed by atoms with Crippen molar-refractivity contribution in [3.05, 3.63) is 38.9 Å². The first kappa shape index (κ1) is 11.7. The Bertz CT molecular complexity index is 480. The number of benzene rings is 1. The molecule has 1 aromatic rings. The van der Waals surface area contributed by atoms with Crippen LogP contribution in [0.2, 0.25) is 0 Å². The van der Waals surface area contributed by atoms with E-state index in [9.17, 15) is 13.9 Å². The number of hydrogen-bond acceptors (Lipinski definition) is 1.